The molecule has 1 aliphatic rings. The van der Waals surface area contributed by atoms with Crippen LogP contribution in [0.2, 0.25) is 0 Å². The van der Waals surface area contributed by atoms with Crippen LogP contribution in [-0.2, 0) is 9.47 Å². The Balaban J connectivity index is 1.68. The zero-order valence-corrected chi connectivity index (χ0v) is 15.3. The molecule has 9 heteroatoms. The zero-order valence-electron chi connectivity index (χ0n) is 15.3. The van der Waals surface area contributed by atoms with Crippen molar-refractivity contribution in [2.75, 3.05) is 18.2 Å². The summed E-state index contributed by atoms with van der Waals surface area (Å²) in [4.78, 5) is 10.5. The van der Waals surface area contributed by atoms with Crippen LogP contribution in [0.15, 0.2) is 54.7 Å². The van der Waals surface area contributed by atoms with Crippen LogP contribution in [0.25, 0.3) is 16.6 Å². The van der Waals surface area contributed by atoms with Gasteiger partial charge in [-0.05, 0) is 24.6 Å². The van der Waals surface area contributed by atoms with Crippen molar-refractivity contribution < 1.29 is 18.3 Å². The van der Waals surface area contributed by atoms with Crippen LogP contribution in [0.3, 0.4) is 0 Å². The first-order valence-electron chi connectivity index (χ1n) is 8.86. The second kappa shape index (κ2) is 6.69. The van der Waals surface area contributed by atoms with Crippen molar-refractivity contribution in [1.82, 2.24) is 19.6 Å². The van der Waals surface area contributed by atoms with Crippen molar-refractivity contribution >= 4 is 28.2 Å². The van der Waals surface area contributed by atoms with Crippen molar-refractivity contribution in [2.24, 2.45) is 0 Å². The van der Waals surface area contributed by atoms with E-state index in [0.29, 0.717) is 18.3 Å². The second-order valence-corrected chi connectivity index (χ2v) is 6.64. The van der Waals surface area contributed by atoms with Gasteiger partial charge in [0.05, 0.1) is 17.4 Å². The van der Waals surface area contributed by atoms with E-state index in [1.54, 1.807) is 0 Å². The van der Waals surface area contributed by atoms with Crippen LogP contribution in [0.1, 0.15) is 5.56 Å². The van der Waals surface area contributed by atoms with Crippen molar-refractivity contribution in [2.45, 2.75) is 6.92 Å². The summed E-state index contributed by atoms with van der Waals surface area (Å²) in [7, 11) is 0. The third kappa shape index (κ3) is 3.10. The molecule has 1 aliphatic heterocycles. The highest BCUT2D eigenvalue weighted by atomic mass is 19.1. The summed E-state index contributed by atoms with van der Waals surface area (Å²) in [6, 6.07) is 9.78. The summed E-state index contributed by atoms with van der Waals surface area (Å²) in [6.45, 7) is 2.46. The minimum atomic E-state index is -0.741. The molecule has 4 aromatic rings. The summed E-state index contributed by atoms with van der Waals surface area (Å²) in [5.41, 5.74) is 2.31. The van der Waals surface area contributed by atoms with Crippen LogP contribution in [0.5, 0.6) is 0 Å². The second-order valence-electron chi connectivity index (χ2n) is 6.64. The molecule has 2 aromatic carbocycles. The molecule has 29 heavy (non-hydrogen) atoms. The third-order valence-electron chi connectivity index (χ3n) is 4.58. The number of aromatic nitrogens is 4. The molecule has 0 saturated carbocycles. The van der Waals surface area contributed by atoms with Gasteiger partial charge in [0.2, 0.25) is 6.79 Å². The number of nitrogens with zero attached hydrogens (tertiary/aromatic N) is 5. The predicted octanol–water partition coefficient (Wildman–Crippen LogP) is 3.85. The molecule has 0 N–H and O–H groups in total. The van der Waals surface area contributed by atoms with Crippen LogP contribution < -0.4 is 4.90 Å². The van der Waals surface area contributed by atoms with Gasteiger partial charge in [0.25, 0.3) is 5.95 Å². The van der Waals surface area contributed by atoms with Gasteiger partial charge >= 0.3 is 0 Å². The van der Waals surface area contributed by atoms with E-state index in [1.165, 1.54) is 23.2 Å². The molecule has 0 amide bonds. The fraction of sp³-hybridized carbons (Fsp3) is 0.150. The smallest absolute Gasteiger partial charge is 0.250 e. The highest BCUT2D eigenvalue weighted by molar-refractivity contribution is 5.92. The maximum atomic E-state index is 14.5. The largest absolute Gasteiger partial charge is 0.462 e. The molecule has 0 unspecified atom stereocenters. The summed E-state index contributed by atoms with van der Waals surface area (Å²) in [6.07, 6.45) is 2.92. The Kier molecular flexibility index (Phi) is 4.01. The Hall–Kier alpha value is -3.75. The number of halogens is 2. The first-order chi connectivity index (χ1) is 14.1. The van der Waals surface area contributed by atoms with Crippen LogP contribution in [0, 0.1) is 18.6 Å². The van der Waals surface area contributed by atoms with Gasteiger partial charge < -0.3 is 14.4 Å². The summed E-state index contributed by atoms with van der Waals surface area (Å²) < 4.78 is 40.0. The van der Waals surface area contributed by atoms with Gasteiger partial charge in [-0.25, -0.2) is 13.8 Å². The average Bonchev–Trinajstić information content (AvgIpc) is 3.35. The monoisotopic (exact) mass is 395 g/mol. The van der Waals surface area contributed by atoms with Gasteiger partial charge in [0.1, 0.15) is 24.2 Å². The summed E-state index contributed by atoms with van der Waals surface area (Å²) in [5, 5.41) is 4.57. The maximum absolute atomic E-state index is 14.5. The minimum absolute atomic E-state index is 0.108. The molecule has 0 saturated heterocycles. The van der Waals surface area contributed by atoms with Gasteiger partial charge in [-0.3, -0.25) is 0 Å². The highest BCUT2D eigenvalue weighted by Crippen LogP contribution is 2.28. The van der Waals surface area contributed by atoms with Crippen LogP contribution in [0.4, 0.5) is 20.4 Å². The van der Waals surface area contributed by atoms with Gasteiger partial charge in [0, 0.05) is 17.8 Å². The Morgan fingerprint density at radius 1 is 1.21 bits per heavy atom. The molecule has 0 fully saturated rings. The third-order valence-corrected chi connectivity index (χ3v) is 4.58. The first-order valence-corrected chi connectivity index (χ1v) is 8.86. The number of aryl methyl sites for hydroxylation is 1. The van der Waals surface area contributed by atoms with Crippen LogP contribution in [-0.4, -0.2) is 32.9 Å². The molecule has 0 bridgehead atoms. The van der Waals surface area contributed by atoms with Crippen molar-refractivity contribution in [3.8, 4) is 0 Å². The lowest BCUT2D eigenvalue weighted by Gasteiger charge is -2.21. The van der Waals surface area contributed by atoms with Crippen molar-refractivity contribution in [1.29, 1.82) is 0 Å². The fourth-order valence-electron chi connectivity index (χ4n) is 3.26. The number of hydrogen-bond acceptors (Lipinski definition) is 6. The van der Waals surface area contributed by atoms with E-state index in [9.17, 15) is 8.78 Å². The first kappa shape index (κ1) is 17.4. The minimum Gasteiger partial charge on any atom is -0.462 e. The SMILES string of the molecule is Cc1cccc(N(CC2=COCO2)c2nc3c4c(F)cc(F)cc4ncn3n2)c1. The molecule has 2 aromatic heterocycles. The maximum Gasteiger partial charge on any atom is 0.250 e. The molecular formula is C20H15F2N5O2. The number of anilines is 2. The molecule has 0 aliphatic carbocycles. The van der Waals surface area contributed by atoms with E-state index < -0.39 is 11.6 Å². The van der Waals surface area contributed by atoms with E-state index >= 15 is 0 Å². The number of fused-ring (bicyclic) bond motifs is 3. The number of benzene rings is 2. The van der Waals surface area contributed by atoms with E-state index in [1.807, 2.05) is 36.1 Å². The molecular weight excluding hydrogens is 380 g/mol. The molecule has 146 valence electrons. The molecule has 3 heterocycles. The molecule has 0 spiro atoms. The predicted molar refractivity (Wildman–Crippen MR) is 102 cm³/mol. The van der Waals surface area contributed by atoms with Gasteiger partial charge in [-0.1, -0.05) is 12.1 Å². The summed E-state index contributed by atoms with van der Waals surface area (Å²) >= 11 is 0. The van der Waals surface area contributed by atoms with Crippen molar-refractivity contribution in [3.63, 3.8) is 0 Å². The normalized spacial score (nSPS) is 13.4. The van der Waals surface area contributed by atoms with Crippen LogP contribution >= 0.6 is 0 Å². The fourth-order valence-corrected chi connectivity index (χ4v) is 3.26. The Bertz CT molecular complexity index is 1270. The van der Waals surface area contributed by atoms with Gasteiger partial charge in [-0.2, -0.15) is 9.50 Å². The zero-order chi connectivity index (χ0) is 20.0. The topological polar surface area (TPSA) is 64.8 Å². The van der Waals surface area contributed by atoms with E-state index in [0.717, 1.165) is 17.3 Å². The van der Waals surface area contributed by atoms with Gasteiger partial charge in [0.15, 0.2) is 11.4 Å². The molecule has 5 rings (SSSR count). The Morgan fingerprint density at radius 2 is 2.10 bits per heavy atom. The van der Waals surface area contributed by atoms with E-state index in [2.05, 4.69) is 15.1 Å². The Morgan fingerprint density at radius 3 is 2.90 bits per heavy atom. The van der Waals surface area contributed by atoms with Gasteiger partial charge in [-0.15, -0.1) is 5.10 Å². The quantitative estimate of drug-likeness (QED) is 0.523. The van der Waals surface area contributed by atoms with E-state index in [4.69, 9.17) is 9.47 Å². The highest BCUT2D eigenvalue weighted by Gasteiger charge is 2.21. The molecule has 0 radical (unpaired) electrons. The van der Waals surface area contributed by atoms with Crippen molar-refractivity contribution in [3.05, 3.63) is 71.9 Å². The molecule has 7 nitrogen and oxygen atoms in total. The lowest BCUT2D eigenvalue weighted by atomic mass is 10.2. The lowest BCUT2D eigenvalue weighted by Crippen LogP contribution is -2.21. The average molecular weight is 395 g/mol. The number of ether oxygens (including phenoxy) is 2. The number of rotatable bonds is 4. The molecule has 0 atom stereocenters. The standard InChI is InChI=1S/C20H15F2N5O2/c1-12-3-2-4-14(5-12)26(8-15-9-28-11-29-15)20-24-19-18-16(22)6-13(21)7-17(18)23-10-27(19)25-20/h2-7,9-10H,8,11H2,1H3. The summed E-state index contributed by atoms with van der Waals surface area (Å²) in [5.74, 6) is -0.501. The van der Waals surface area contributed by atoms with E-state index in [-0.39, 0.29) is 23.3 Å². The Labute approximate surface area is 163 Å². The lowest BCUT2D eigenvalue weighted by molar-refractivity contribution is 0.0800. The number of hydrogen-bond donors (Lipinski definition) is 0.